The number of carbonyl (C=O) groups excluding carboxylic acids is 1. The molecule has 0 bridgehead atoms. The van der Waals surface area contributed by atoms with Crippen molar-refractivity contribution in [2.75, 3.05) is 24.2 Å². The molecular formula is C15H19N3OS2. The molecule has 2 aromatic rings. The van der Waals surface area contributed by atoms with E-state index in [9.17, 15) is 4.79 Å². The van der Waals surface area contributed by atoms with Gasteiger partial charge in [0.25, 0.3) is 0 Å². The summed E-state index contributed by atoms with van der Waals surface area (Å²) in [6.45, 7) is 6.06. The molecule has 0 saturated carbocycles. The van der Waals surface area contributed by atoms with Gasteiger partial charge in [-0.05, 0) is 18.1 Å². The smallest absolute Gasteiger partial charge is 0.323 e. The Kier molecular flexibility index (Phi) is 4.35. The zero-order valence-electron chi connectivity index (χ0n) is 12.2. The van der Waals surface area contributed by atoms with E-state index in [4.69, 9.17) is 0 Å². The molecular weight excluding hydrogens is 302 g/mol. The Morgan fingerprint density at radius 2 is 2.24 bits per heavy atom. The van der Waals surface area contributed by atoms with Crippen LogP contribution in [0, 0.1) is 5.92 Å². The first-order chi connectivity index (χ1) is 10.1. The lowest BCUT2D eigenvalue weighted by Crippen LogP contribution is -2.45. The van der Waals surface area contributed by atoms with Crippen molar-refractivity contribution in [1.29, 1.82) is 0 Å². The van der Waals surface area contributed by atoms with Crippen molar-refractivity contribution in [3.8, 4) is 0 Å². The van der Waals surface area contributed by atoms with Crippen molar-refractivity contribution >= 4 is 44.5 Å². The van der Waals surface area contributed by atoms with E-state index in [2.05, 4.69) is 24.1 Å². The molecule has 1 N–H and O–H groups in total. The third kappa shape index (κ3) is 3.32. The number of nitrogens with one attached hydrogen (secondary N) is 1. The van der Waals surface area contributed by atoms with Gasteiger partial charge in [0, 0.05) is 24.1 Å². The fraction of sp³-hybridized carbons (Fsp3) is 0.467. The molecule has 2 heterocycles. The number of aromatic nitrogens is 1. The number of rotatable bonds is 2. The summed E-state index contributed by atoms with van der Waals surface area (Å²) in [5.41, 5.74) is 0.937. The van der Waals surface area contributed by atoms with Crippen LogP contribution in [-0.4, -0.2) is 40.0 Å². The summed E-state index contributed by atoms with van der Waals surface area (Å²) in [6, 6.07) is 7.91. The molecule has 3 rings (SSSR count). The molecule has 1 aromatic carbocycles. The lowest BCUT2D eigenvalue weighted by molar-refractivity contribution is 0.211. The van der Waals surface area contributed by atoms with E-state index >= 15 is 0 Å². The second kappa shape index (κ2) is 6.23. The molecule has 1 aliphatic rings. The van der Waals surface area contributed by atoms with Crippen molar-refractivity contribution < 1.29 is 4.79 Å². The Morgan fingerprint density at radius 1 is 1.43 bits per heavy atom. The van der Waals surface area contributed by atoms with Gasteiger partial charge in [-0.1, -0.05) is 37.3 Å². The van der Waals surface area contributed by atoms with Gasteiger partial charge in [-0.2, -0.15) is 11.8 Å². The van der Waals surface area contributed by atoms with E-state index in [0.29, 0.717) is 16.3 Å². The number of hydrogen-bond acceptors (Lipinski definition) is 4. The van der Waals surface area contributed by atoms with Gasteiger partial charge in [0.05, 0.1) is 10.2 Å². The Balaban J connectivity index is 1.68. The number of nitrogens with zero attached hydrogens (tertiary/aromatic N) is 2. The standard InChI is InChI=1S/C15H19N3OS2/c1-10(2)13-9-18(7-8-20-13)15(19)17-14-16-11-5-3-4-6-12(11)21-14/h3-6,10,13H,7-9H2,1-2H3,(H,16,17,19). The van der Waals surface area contributed by atoms with Crippen LogP contribution >= 0.6 is 23.1 Å². The third-order valence-electron chi connectivity index (χ3n) is 3.63. The van der Waals surface area contributed by atoms with Gasteiger partial charge < -0.3 is 4.90 Å². The molecule has 0 aliphatic carbocycles. The SMILES string of the molecule is CC(C)C1CN(C(=O)Nc2nc3ccccc3s2)CCS1. The normalized spacial score (nSPS) is 19.2. The molecule has 0 spiro atoms. The fourth-order valence-electron chi connectivity index (χ4n) is 2.36. The van der Waals surface area contributed by atoms with Gasteiger partial charge in [-0.25, -0.2) is 9.78 Å². The zero-order chi connectivity index (χ0) is 14.8. The van der Waals surface area contributed by atoms with Crippen LogP contribution in [0.15, 0.2) is 24.3 Å². The zero-order valence-corrected chi connectivity index (χ0v) is 13.8. The Labute approximate surface area is 132 Å². The predicted octanol–water partition coefficient (Wildman–Crippen LogP) is 3.90. The quantitative estimate of drug-likeness (QED) is 0.912. The predicted molar refractivity (Wildman–Crippen MR) is 91.3 cm³/mol. The number of thioether (sulfide) groups is 1. The average molecular weight is 321 g/mol. The number of anilines is 1. The van der Waals surface area contributed by atoms with Crippen LogP contribution in [-0.2, 0) is 0 Å². The van der Waals surface area contributed by atoms with Gasteiger partial charge in [-0.15, -0.1) is 0 Å². The van der Waals surface area contributed by atoms with E-state index in [1.54, 1.807) is 0 Å². The second-order valence-corrected chi connectivity index (χ2v) is 7.89. The van der Waals surface area contributed by atoms with Gasteiger partial charge in [-0.3, -0.25) is 5.32 Å². The molecule has 2 amide bonds. The van der Waals surface area contributed by atoms with Crippen molar-refractivity contribution in [2.45, 2.75) is 19.1 Å². The number of urea groups is 1. The van der Waals surface area contributed by atoms with Crippen LogP contribution in [0.4, 0.5) is 9.93 Å². The van der Waals surface area contributed by atoms with E-state index in [0.717, 1.165) is 29.1 Å². The average Bonchev–Trinajstić information content (AvgIpc) is 2.89. The highest BCUT2D eigenvalue weighted by Crippen LogP contribution is 2.27. The largest absolute Gasteiger partial charge is 0.323 e. The number of hydrogen-bond donors (Lipinski definition) is 1. The molecule has 1 unspecified atom stereocenters. The van der Waals surface area contributed by atoms with Crippen LogP contribution in [0.5, 0.6) is 0 Å². The van der Waals surface area contributed by atoms with Crippen LogP contribution in [0.1, 0.15) is 13.8 Å². The molecule has 1 aromatic heterocycles. The molecule has 1 fully saturated rings. The molecule has 1 saturated heterocycles. The number of amides is 2. The number of carbonyl (C=O) groups is 1. The van der Waals surface area contributed by atoms with Gasteiger partial charge in [0.15, 0.2) is 5.13 Å². The first-order valence-electron chi connectivity index (χ1n) is 7.16. The maximum absolute atomic E-state index is 12.4. The number of thiazole rings is 1. The lowest BCUT2D eigenvalue weighted by Gasteiger charge is -2.34. The highest BCUT2D eigenvalue weighted by molar-refractivity contribution is 8.00. The second-order valence-electron chi connectivity index (χ2n) is 5.52. The van der Waals surface area contributed by atoms with Crippen LogP contribution in [0.3, 0.4) is 0 Å². The minimum atomic E-state index is -0.0278. The maximum atomic E-state index is 12.4. The van der Waals surface area contributed by atoms with Crippen molar-refractivity contribution in [3.05, 3.63) is 24.3 Å². The molecule has 4 nitrogen and oxygen atoms in total. The first-order valence-corrected chi connectivity index (χ1v) is 9.03. The summed E-state index contributed by atoms with van der Waals surface area (Å²) >= 11 is 3.49. The molecule has 112 valence electrons. The van der Waals surface area contributed by atoms with E-state index in [-0.39, 0.29) is 6.03 Å². The van der Waals surface area contributed by atoms with Gasteiger partial charge in [0.1, 0.15) is 0 Å². The monoisotopic (exact) mass is 321 g/mol. The molecule has 1 atom stereocenters. The summed E-state index contributed by atoms with van der Waals surface area (Å²) in [6.07, 6.45) is 0. The molecule has 1 aliphatic heterocycles. The Hall–Kier alpha value is -1.27. The van der Waals surface area contributed by atoms with Crippen molar-refractivity contribution in [1.82, 2.24) is 9.88 Å². The van der Waals surface area contributed by atoms with Crippen molar-refractivity contribution in [2.24, 2.45) is 5.92 Å². The summed E-state index contributed by atoms with van der Waals surface area (Å²) in [4.78, 5) is 18.8. The fourth-order valence-corrected chi connectivity index (χ4v) is 4.51. The Morgan fingerprint density at radius 3 is 3.00 bits per heavy atom. The lowest BCUT2D eigenvalue weighted by atomic mass is 10.1. The van der Waals surface area contributed by atoms with E-state index in [1.165, 1.54) is 11.3 Å². The van der Waals surface area contributed by atoms with Crippen molar-refractivity contribution in [3.63, 3.8) is 0 Å². The van der Waals surface area contributed by atoms with Crippen LogP contribution < -0.4 is 5.32 Å². The van der Waals surface area contributed by atoms with Gasteiger partial charge in [0.2, 0.25) is 0 Å². The molecule has 0 radical (unpaired) electrons. The maximum Gasteiger partial charge on any atom is 0.323 e. The summed E-state index contributed by atoms with van der Waals surface area (Å²) in [5.74, 6) is 1.60. The number of benzene rings is 1. The minimum Gasteiger partial charge on any atom is -0.323 e. The van der Waals surface area contributed by atoms with Gasteiger partial charge >= 0.3 is 6.03 Å². The highest BCUT2D eigenvalue weighted by Gasteiger charge is 2.26. The van der Waals surface area contributed by atoms with Crippen LogP contribution in [0.25, 0.3) is 10.2 Å². The van der Waals surface area contributed by atoms with E-state index < -0.39 is 0 Å². The van der Waals surface area contributed by atoms with E-state index in [1.807, 2.05) is 40.9 Å². The highest BCUT2D eigenvalue weighted by atomic mass is 32.2. The summed E-state index contributed by atoms with van der Waals surface area (Å²) < 4.78 is 1.10. The molecule has 21 heavy (non-hydrogen) atoms. The summed E-state index contributed by atoms with van der Waals surface area (Å²) in [7, 11) is 0. The topological polar surface area (TPSA) is 45.2 Å². The number of fused-ring (bicyclic) bond motifs is 1. The number of para-hydroxylation sites is 1. The first kappa shape index (κ1) is 14.7. The molecule has 6 heteroatoms. The summed E-state index contributed by atoms with van der Waals surface area (Å²) in [5, 5.41) is 4.15. The van der Waals surface area contributed by atoms with Crippen LogP contribution in [0.2, 0.25) is 0 Å². The Bertz CT molecular complexity index is 608. The third-order valence-corrected chi connectivity index (χ3v) is 6.12. The minimum absolute atomic E-state index is 0.0278.